The van der Waals surface area contributed by atoms with Gasteiger partial charge in [-0.25, -0.2) is 0 Å². The molecule has 1 aliphatic carbocycles. The lowest BCUT2D eigenvalue weighted by Gasteiger charge is -2.29. The topological polar surface area (TPSA) is 33.2 Å². The number of nitrogens with zero attached hydrogens (tertiary/aromatic N) is 2. The predicted molar refractivity (Wildman–Crippen MR) is 90.9 cm³/mol. The summed E-state index contributed by atoms with van der Waals surface area (Å²) in [5.41, 5.74) is 3.21. The fourth-order valence-corrected chi connectivity index (χ4v) is 4.31. The monoisotopic (exact) mass is 306 g/mol. The van der Waals surface area contributed by atoms with Gasteiger partial charge < -0.3 is 4.90 Å². The summed E-state index contributed by atoms with van der Waals surface area (Å²) < 4.78 is 0. The predicted octanol–water partition coefficient (Wildman–Crippen LogP) is 3.86. The fourth-order valence-electron chi connectivity index (χ4n) is 4.31. The standard InChI is InChI=1S/C20H22N2O/c1-22-18-10-6-5-9-16(18)19(20(22)23)17-12-11-15(13-21-17)14-7-3-2-4-8-14/h2-4,7-8,11-13,16,18-19H,5-6,9-10H2,1H3/t16-,18+,19-/m1/s1. The zero-order chi connectivity index (χ0) is 15.8. The number of aromatic nitrogens is 1. The van der Waals surface area contributed by atoms with Gasteiger partial charge in [0.05, 0.1) is 11.6 Å². The quantitative estimate of drug-likeness (QED) is 0.844. The lowest BCUT2D eigenvalue weighted by molar-refractivity contribution is -0.128. The van der Waals surface area contributed by atoms with Gasteiger partial charge in [-0.2, -0.15) is 0 Å². The van der Waals surface area contributed by atoms with Gasteiger partial charge in [-0.05, 0) is 30.4 Å². The maximum Gasteiger partial charge on any atom is 0.232 e. The Morgan fingerprint density at radius 2 is 1.78 bits per heavy atom. The van der Waals surface area contributed by atoms with Crippen molar-refractivity contribution in [3.63, 3.8) is 0 Å². The van der Waals surface area contributed by atoms with Crippen molar-refractivity contribution in [3.05, 3.63) is 54.4 Å². The third-order valence-electron chi connectivity index (χ3n) is 5.53. The van der Waals surface area contributed by atoms with Crippen LogP contribution in [0.25, 0.3) is 11.1 Å². The highest BCUT2D eigenvalue weighted by Gasteiger charge is 2.48. The molecule has 1 aromatic carbocycles. The van der Waals surface area contributed by atoms with Gasteiger partial charge in [0.1, 0.15) is 0 Å². The van der Waals surface area contributed by atoms with Gasteiger partial charge in [0.15, 0.2) is 0 Å². The van der Waals surface area contributed by atoms with Gasteiger partial charge in [-0.3, -0.25) is 9.78 Å². The van der Waals surface area contributed by atoms with Gasteiger partial charge in [-0.1, -0.05) is 49.2 Å². The Bertz CT molecular complexity index is 695. The number of benzene rings is 1. The van der Waals surface area contributed by atoms with Crippen molar-refractivity contribution in [2.75, 3.05) is 7.05 Å². The van der Waals surface area contributed by atoms with Crippen LogP contribution in [0.15, 0.2) is 48.7 Å². The minimum Gasteiger partial charge on any atom is -0.342 e. The molecule has 2 heterocycles. The Labute approximate surface area is 137 Å². The van der Waals surface area contributed by atoms with E-state index in [4.69, 9.17) is 0 Å². The van der Waals surface area contributed by atoms with E-state index in [-0.39, 0.29) is 11.8 Å². The molecule has 1 aliphatic heterocycles. The minimum atomic E-state index is -0.0462. The molecule has 4 rings (SSSR count). The molecule has 0 spiro atoms. The highest BCUT2D eigenvalue weighted by atomic mass is 16.2. The molecule has 1 saturated carbocycles. The molecular weight excluding hydrogens is 284 g/mol. The summed E-state index contributed by atoms with van der Waals surface area (Å²) in [4.78, 5) is 19.4. The Morgan fingerprint density at radius 3 is 2.52 bits per heavy atom. The van der Waals surface area contributed by atoms with E-state index in [0.717, 1.165) is 29.7 Å². The van der Waals surface area contributed by atoms with Crippen LogP contribution in [0.3, 0.4) is 0 Å². The number of hydrogen-bond donors (Lipinski definition) is 0. The van der Waals surface area contributed by atoms with E-state index in [9.17, 15) is 4.79 Å². The fraction of sp³-hybridized carbons (Fsp3) is 0.400. The molecule has 23 heavy (non-hydrogen) atoms. The van der Waals surface area contributed by atoms with Crippen molar-refractivity contribution in [3.8, 4) is 11.1 Å². The van der Waals surface area contributed by atoms with E-state index in [1.807, 2.05) is 36.3 Å². The lowest BCUT2D eigenvalue weighted by Crippen LogP contribution is -2.33. The molecule has 2 aromatic rings. The van der Waals surface area contributed by atoms with Crippen LogP contribution in [0, 0.1) is 5.92 Å². The normalized spacial score (nSPS) is 27.1. The highest BCUT2D eigenvalue weighted by Crippen LogP contribution is 2.44. The van der Waals surface area contributed by atoms with Crippen molar-refractivity contribution >= 4 is 5.91 Å². The van der Waals surface area contributed by atoms with Crippen molar-refractivity contribution < 1.29 is 4.79 Å². The molecule has 118 valence electrons. The molecule has 0 unspecified atom stereocenters. The Kier molecular flexibility index (Phi) is 3.64. The SMILES string of the molecule is CN1C(=O)[C@@H](c2ccc(-c3ccccc3)cn2)[C@@H]2CCCC[C@@H]21. The number of likely N-dealkylation sites (N-methyl/N-ethyl adjacent to an activating group) is 1. The van der Waals surface area contributed by atoms with Crippen LogP contribution in [-0.4, -0.2) is 28.9 Å². The van der Waals surface area contributed by atoms with E-state index in [0.29, 0.717) is 12.0 Å². The van der Waals surface area contributed by atoms with Crippen LogP contribution in [-0.2, 0) is 4.79 Å². The second-order valence-electron chi connectivity index (χ2n) is 6.78. The first-order valence-corrected chi connectivity index (χ1v) is 8.54. The Hall–Kier alpha value is -2.16. The average Bonchev–Trinajstić information content (AvgIpc) is 2.87. The molecule has 1 amide bonds. The number of carbonyl (C=O) groups is 1. The first-order valence-electron chi connectivity index (χ1n) is 8.54. The first kappa shape index (κ1) is 14.4. The van der Waals surface area contributed by atoms with Crippen molar-refractivity contribution in [2.24, 2.45) is 5.92 Å². The number of carbonyl (C=O) groups excluding carboxylic acids is 1. The summed E-state index contributed by atoms with van der Waals surface area (Å²) in [5.74, 6) is 0.647. The van der Waals surface area contributed by atoms with Gasteiger partial charge in [0.2, 0.25) is 5.91 Å². The van der Waals surface area contributed by atoms with E-state index in [2.05, 4.69) is 29.2 Å². The summed E-state index contributed by atoms with van der Waals surface area (Å²) in [7, 11) is 1.96. The molecule has 2 fully saturated rings. The van der Waals surface area contributed by atoms with E-state index < -0.39 is 0 Å². The van der Waals surface area contributed by atoms with Crippen LogP contribution in [0.4, 0.5) is 0 Å². The molecule has 0 bridgehead atoms. The second kappa shape index (κ2) is 5.80. The number of rotatable bonds is 2. The van der Waals surface area contributed by atoms with Crippen molar-refractivity contribution in [1.29, 1.82) is 0 Å². The first-order chi connectivity index (χ1) is 11.3. The summed E-state index contributed by atoms with van der Waals surface area (Å²) in [6.45, 7) is 0. The maximum absolute atomic E-state index is 12.7. The van der Waals surface area contributed by atoms with Gasteiger partial charge in [-0.15, -0.1) is 0 Å². The van der Waals surface area contributed by atoms with Gasteiger partial charge in [0.25, 0.3) is 0 Å². The highest BCUT2D eigenvalue weighted by molar-refractivity contribution is 5.86. The number of likely N-dealkylation sites (tertiary alicyclic amines) is 1. The van der Waals surface area contributed by atoms with Crippen LogP contribution in [0.5, 0.6) is 0 Å². The Balaban J connectivity index is 1.64. The summed E-state index contributed by atoms with van der Waals surface area (Å²) in [6, 6.07) is 14.8. The molecule has 0 radical (unpaired) electrons. The molecule has 3 nitrogen and oxygen atoms in total. The largest absolute Gasteiger partial charge is 0.342 e. The van der Waals surface area contributed by atoms with Crippen molar-refractivity contribution in [2.45, 2.75) is 37.6 Å². The Morgan fingerprint density at radius 1 is 1.00 bits per heavy atom. The van der Waals surface area contributed by atoms with Gasteiger partial charge in [0, 0.05) is 24.8 Å². The molecule has 1 aromatic heterocycles. The van der Waals surface area contributed by atoms with Crippen LogP contribution < -0.4 is 0 Å². The third kappa shape index (κ3) is 2.44. The van der Waals surface area contributed by atoms with Crippen LogP contribution >= 0.6 is 0 Å². The number of fused-ring (bicyclic) bond motifs is 1. The second-order valence-corrected chi connectivity index (χ2v) is 6.78. The van der Waals surface area contributed by atoms with E-state index in [1.54, 1.807) is 0 Å². The molecule has 0 N–H and O–H groups in total. The molecule has 2 aliphatic rings. The van der Waals surface area contributed by atoms with E-state index in [1.165, 1.54) is 12.8 Å². The molecule has 1 saturated heterocycles. The summed E-state index contributed by atoms with van der Waals surface area (Å²) >= 11 is 0. The average molecular weight is 306 g/mol. The number of amides is 1. The van der Waals surface area contributed by atoms with Gasteiger partial charge >= 0.3 is 0 Å². The summed E-state index contributed by atoms with van der Waals surface area (Å²) in [5, 5.41) is 0. The maximum atomic E-state index is 12.7. The van der Waals surface area contributed by atoms with Crippen LogP contribution in [0.1, 0.15) is 37.3 Å². The molecule has 3 heteroatoms. The summed E-state index contributed by atoms with van der Waals surface area (Å²) in [6.07, 6.45) is 6.68. The van der Waals surface area contributed by atoms with Crippen LogP contribution in [0.2, 0.25) is 0 Å². The zero-order valence-corrected chi connectivity index (χ0v) is 13.5. The lowest BCUT2D eigenvalue weighted by atomic mass is 9.78. The number of hydrogen-bond acceptors (Lipinski definition) is 2. The molecule has 3 atom stereocenters. The molecular formula is C20H22N2O. The van der Waals surface area contributed by atoms with Crippen molar-refractivity contribution in [1.82, 2.24) is 9.88 Å². The number of pyridine rings is 1. The minimum absolute atomic E-state index is 0.0462. The third-order valence-corrected chi connectivity index (χ3v) is 5.53. The van der Waals surface area contributed by atoms with E-state index >= 15 is 0 Å². The zero-order valence-electron chi connectivity index (χ0n) is 13.5. The smallest absolute Gasteiger partial charge is 0.232 e.